The minimum Gasteiger partial charge on any atom is -0.506 e. The highest BCUT2D eigenvalue weighted by molar-refractivity contribution is 6.45. The summed E-state index contributed by atoms with van der Waals surface area (Å²) >= 11 is 5.91. The maximum atomic E-state index is 11.8. The van der Waals surface area contributed by atoms with E-state index in [0.29, 0.717) is 5.69 Å². The van der Waals surface area contributed by atoms with Gasteiger partial charge in [-0.3, -0.25) is 9.59 Å². The van der Waals surface area contributed by atoms with Gasteiger partial charge >= 0.3 is 11.8 Å². The monoisotopic (exact) mass is 319 g/mol. The molecule has 0 fully saturated rings. The normalized spacial score (nSPS) is 10.1. The van der Waals surface area contributed by atoms with Crippen LogP contribution < -0.4 is 16.4 Å². The van der Waals surface area contributed by atoms with Crippen molar-refractivity contribution in [1.29, 1.82) is 0 Å². The topological polar surface area (TPSA) is 104 Å². The van der Waals surface area contributed by atoms with Crippen LogP contribution in [0.15, 0.2) is 36.4 Å². The van der Waals surface area contributed by atoms with Gasteiger partial charge in [-0.25, -0.2) is 0 Å². The quantitative estimate of drug-likeness (QED) is 0.388. The number of phenolic OH excluding ortho intramolecular Hbond substituents is 1. The van der Waals surface area contributed by atoms with Crippen molar-refractivity contribution in [3.63, 3.8) is 0 Å². The number of hydrogen-bond donors (Lipinski definition) is 4. The lowest BCUT2D eigenvalue weighted by Crippen LogP contribution is -2.29. The second-order valence-electron chi connectivity index (χ2n) is 4.67. The van der Waals surface area contributed by atoms with Gasteiger partial charge in [0.1, 0.15) is 5.75 Å². The highest BCUT2D eigenvalue weighted by atomic mass is 35.5. The van der Waals surface area contributed by atoms with Crippen molar-refractivity contribution in [3.8, 4) is 5.75 Å². The summed E-state index contributed by atoms with van der Waals surface area (Å²) in [6, 6.07) is 9.18. The smallest absolute Gasteiger partial charge is 0.314 e. The number of rotatable bonds is 2. The lowest BCUT2D eigenvalue weighted by Gasteiger charge is -2.09. The molecule has 2 aromatic carbocycles. The Kier molecular flexibility index (Phi) is 4.53. The van der Waals surface area contributed by atoms with Gasteiger partial charge in [0, 0.05) is 5.69 Å². The van der Waals surface area contributed by atoms with E-state index >= 15 is 0 Å². The molecule has 0 aliphatic carbocycles. The zero-order valence-corrected chi connectivity index (χ0v) is 12.4. The molecule has 114 valence electrons. The van der Waals surface area contributed by atoms with Gasteiger partial charge in [-0.05, 0) is 42.8 Å². The van der Waals surface area contributed by atoms with Crippen LogP contribution in [0.25, 0.3) is 0 Å². The van der Waals surface area contributed by atoms with Gasteiger partial charge in [-0.1, -0.05) is 17.7 Å². The Hall–Kier alpha value is -2.73. The molecule has 22 heavy (non-hydrogen) atoms. The summed E-state index contributed by atoms with van der Waals surface area (Å²) in [4.78, 5) is 23.7. The van der Waals surface area contributed by atoms with E-state index in [-0.39, 0.29) is 22.1 Å². The summed E-state index contributed by atoms with van der Waals surface area (Å²) in [7, 11) is 0. The van der Waals surface area contributed by atoms with Gasteiger partial charge in [0.15, 0.2) is 0 Å². The Morgan fingerprint density at radius 2 is 1.64 bits per heavy atom. The van der Waals surface area contributed by atoms with Gasteiger partial charge in [0.05, 0.1) is 16.4 Å². The number of amides is 2. The van der Waals surface area contributed by atoms with Crippen molar-refractivity contribution in [2.24, 2.45) is 0 Å². The van der Waals surface area contributed by atoms with E-state index in [4.69, 9.17) is 17.3 Å². The standard InChI is InChI=1S/C15H14ClN3O3/c1-8-2-4-12(13(20)6-8)19-15(22)14(21)18-11-5-3-9(17)7-10(11)16/h2-7,20H,17H2,1H3,(H,18,21)(H,19,22). The van der Waals surface area contributed by atoms with Crippen LogP contribution >= 0.6 is 11.6 Å². The van der Waals surface area contributed by atoms with Crippen LogP contribution in [-0.2, 0) is 9.59 Å². The molecule has 0 unspecified atom stereocenters. The molecule has 0 aliphatic rings. The van der Waals surface area contributed by atoms with Crippen LogP contribution in [0, 0.1) is 6.92 Å². The fourth-order valence-electron chi connectivity index (χ4n) is 1.74. The van der Waals surface area contributed by atoms with Crippen LogP contribution in [0.4, 0.5) is 17.1 Å². The average molecular weight is 320 g/mol. The second kappa shape index (κ2) is 6.36. The van der Waals surface area contributed by atoms with Crippen LogP contribution in [0.1, 0.15) is 5.56 Å². The first-order valence-corrected chi connectivity index (χ1v) is 6.71. The Labute approximate surface area is 131 Å². The van der Waals surface area contributed by atoms with E-state index in [1.54, 1.807) is 19.1 Å². The number of halogens is 1. The summed E-state index contributed by atoms with van der Waals surface area (Å²) in [6.45, 7) is 1.79. The summed E-state index contributed by atoms with van der Waals surface area (Å²) in [5.41, 5.74) is 7.23. The number of carbonyl (C=O) groups excluding carboxylic acids is 2. The van der Waals surface area contributed by atoms with Gasteiger partial charge in [0.25, 0.3) is 0 Å². The first-order valence-electron chi connectivity index (χ1n) is 6.34. The number of anilines is 3. The van der Waals surface area contributed by atoms with Crippen LogP contribution in [0.2, 0.25) is 5.02 Å². The van der Waals surface area contributed by atoms with E-state index < -0.39 is 11.8 Å². The summed E-state index contributed by atoms with van der Waals surface area (Å²) in [6.07, 6.45) is 0. The predicted molar refractivity (Wildman–Crippen MR) is 86.0 cm³/mol. The minimum absolute atomic E-state index is 0.119. The third-order valence-electron chi connectivity index (χ3n) is 2.85. The van der Waals surface area contributed by atoms with E-state index in [9.17, 15) is 14.7 Å². The van der Waals surface area contributed by atoms with E-state index in [1.807, 2.05) is 0 Å². The second-order valence-corrected chi connectivity index (χ2v) is 5.08. The van der Waals surface area contributed by atoms with Crippen molar-refractivity contribution in [2.45, 2.75) is 6.92 Å². The van der Waals surface area contributed by atoms with Crippen molar-refractivity contribution < 1.29 is 14.7 Å². The molecule has 0 saturated carbocycles. The van der Waals surface area contributed by atoms with Crippen LogP contribution in [-0.4, -0.2) is 16.9 Å². The molecule has 2 aromatic rings. The third kappa shape index (κ3) is 3.67. The highest BCUT2D eigenvalue weighted by Crippen LogP contribution is 2.25. The number of aromatic hydroxyl groups is 1. The minimum atomic E-state index is -0.924. The lowest BCUT2D eigenvalue weighted by molar-refractivity contribution is -0.133. The number of phenols is 1. The van der Waals surface area contributed by atoms with Gasteiger partial charge in [-0.2, -0.15) is 0 Å². The Balaban J connectivity index is 2.07. The molecule has 6 nitrogen and oxygen atoms in total. The molecular weight excluding hydrogens is 306 g/mol. The first-order chi connectivity index (χ1) is 10.4. The number of carbonyl (C=O) groups is 2. The van der Waals surface area contributed by atoms with Crippen LogP contribution in [0.5, 0.6) is 5.75 Å². The SMILES string of the molecule is Cc1ccc(NC(=O)C(=O)Nc2ccc(N)cc2Cl)c(O)c1. The third-order valence-corrected chi connectivity index (χ3v) is 3.16. The van der Waals surface area contributed by atoms with Gasteiger partial charge in [-0.15, -0.1) is 0 Å². The van der Waals surface area contributed by atoms with E-state index in [0.717, 1.165) is 5.56 Å². The molecule has 0 aromatic heterocycles. The van der Waals surface area contributed by atoms with Crippen molar-refractivity contribution in [2.75, 3.05) is 16.4 Å². The van der Waals surface area contributed by atoms with Gasteiger partial charge < -0.3 is 21.5 Å². The Bertz CT molecular complexity index is 683. The molecule has 5 N–H and O–H groups in total. The maximum absolute atomic E-state index is 11.8. The van der Waals surface area contributed by atoms with Gasteiger partial charge in [0.2, 0.25) is 0 Å². The molecule has 0 atom stereocenters. The highest BCUT2D eigenvalue weighted by Gasteiger charge is 2.16. The number of benzene rings is 2. The Morgan fingerprint density at radius 3 is 2.23 bits per heavy atom. The van der Waals surface area contributed by atoms with Crippen molar-refractivity contribution >= 4 is 40.5 Å². The fourth-order valence-corrected chi connectivity index (χ4v) is 1.97. The summed E-state index contributed by atoms with van der Waals surface area (Å²) in [5, 5.41) is 14.6. The molecule has 0 radical (unpaired) electrons. The van der Waals surface area contributed by atoms with E-state index in [2.05, 4.69) is 10.6 Å². The predicted octanol–water partition coefficient (Wildman–Crippen LogP) is 2.51. The molecule has 2 amide bonds. The van der Waals surface area contributed by atoms with Crippen LogP contribution in [0.3, 0.4) is 0 Å². The average Bonchev–Trinajstić information content (AvgIpc) is 2.44. The number of aryl methyl sites for hydroxylation is 1. The molecule has 0 saturated heterocycles. The first kappa shape index (κ1) is 15.7. The number of nitrogen functional groups attached to an aromatic ring is 1. The number of hydrogen-bond acceptors (Lipinski definition) is 4. The molecular formula is C15H14ClN3O3. The maximum Gasteiger partial charge on any atom is 0.314 e. The molecule has 0 heterocycles. The van der Waals surface area contributed by atoms with Crippen molar-refractivity contribution in [1.82, 2.24) is 0 Å². The molecule has 0 spiro atoms. The number of nitrogens with two attached hydrogens (primary N) is 1. The zero-order chi connectivity index (χ0) is 16.3. The molecule has 7 heteroatoms. The fraction of sp³-hybridized carbons (Fsp3) is 0.0667. The largest absolute Gasteiger partial charge is 0.506 e. The Morgan fingerprint density at radius 1 is 1.05 bits per heavy atom. The molecule has 0 aliphatic heterocycles. The molecule has 0 bridgehead atoms. The van der Waals surface area contributed by atoms with Crippen molar-refractivity contribution in [3.05, 3.63) is 47.0 Å². The number of nitrogens with one attached hydrogen (secondary N) is 2. The zero-order valence-electron chi connectivity index (χ0n) is 11.7. The lowest BCUT2D eigenvalue weighted by atomic mass is 10.2. The summed E-state index contributed by atoms with van der Waals surface area (Å²) < 4.78 is 0. The summed E-state index contributed by atoms with van der Waals surface area (Å²) in [5.74, 6) is -1.95. The molecule has 2 rings (SSSR count). The van der Waals surface area contributed by atoms with E-state index in [1.165, 1.54) is 24.3 Å².